The highest BCUT2D eigenvalue weighted by Gasteiger charge is 2.06. The fourth-order valence-electron chi connectivity index (χ4n) is 1.88. The molecule has 1 aromatic carbocycles. The minimum absolute atomic E-state index is 0. The molecule has 0 amide bonds. The van der Waals surface area contributed by atoms with Gasteiger partial charge in [0.25, 0.3) is 0 Å². The number of nitrogens with one attached hydrogen (secondary N) is 2. The number of nitrogens with zero attached hydrogens (tertiary/aromatic N) is 1. The van der Waals surface area contributed by atoms with Gasteiger partial charge in [-0.3, -0.25) is 4.99 Å². The number of halogens is 1. The predicted molar refractivity (Wildman–Crippen MR) is 107 cm³/mol. The van der Waals surface area contributed by atoms with Gasteiger partial charge in [-0.15, -0.1) is 24.0 Å². The third-order valence-electron chi connectivity index (χ3n) is 3.19. The highest BCUT2D eigenvalue weighted by Crippen LogP contribution is 2.15. The summed E-state index contributed by atoms with van der Waals surface area (Å²) in [5.41, 5.74) is 2.46. The van der Waals surface area contributed by atoms with E-state index in [9.17, 15) is 8.42 Å². The quantitative estimate of drug-likeness (QED) is 0.331. The molecule has 132 valence electrons. The van der Waals surface area contributed by atoms with Crippen LogP contribution in [0.5, 0.6) is 0 Å². The summed E-state index contributed by atoms with van der Waals surface area (Å²) in [6, 6.07) is 8.39. The fraction of sp³-hybridized carbons (Fsp3) is 0.533. The summed E-state index contributed by atoms with van der Waals surface area (Å²) >= 11 is 0. The van der Waals surface area contributed by atoms with E-state index in [2.05, 4.69) is 53.7 Å². The Bertz CT molecular complexity index is 588. The van der Waals surface area contributed by atoms with Crippen LogP contribution in [0.25, 0.3) is 0 Å². The topological polar surface area (TPSA) is 96.6 Å². The van der Waals surface area contributed by atoms with Crippen LogP contribution in [0.2, 0.25) is 0 Å². The molecule has 0 aromatic heterocycles. The van der Waals surface area contributed by atoms with E-state index in [0.717, 1.165) is 0 Å². The summed E-state index contributed by atoms with van der Waals surface area (Å²) in [5.74, 6) is 0.768. The van der Waals surface area contributed by atoms with E-state index in [1.54, 1.807) is 0 Å². The molecule has 0 spiro atoms. The largest absolute Gasteiger partial charge is 0.357 e. The van der Waals surface area contributed by atoms with Crippen molar-refractivity contribution in [1.29, 1.82) is 0 Å². The fourth-order valence-corrected chi connectivity index (χ4v) is 2.27. The average molecular weight is 454 g/mol. The van der Waals surface area contributed by atoms with Gasteiger partial charge in [0.05, 0.1) is 5.75 Å². The number of benzene rings is 1. The van der Waals surface area contributed by atoms with Crippen LogP contribution in [0.4, 0.5) is 0 Å². The van der Waals surface area contributed by atoms with E-state index >= 15 is 0 Å². The molecule has 1 rings (SSSR count). The van der Waals surface area contributed by atoms with Gasteiger partial charge in [-0.1, -0.05) is 36.8 Å². The molecule has 1 atom stereocenters. The Kier molecular flexibility index (Phi) is 10.4. The first kappa shape index (κ1) is 22.1. The molecule has 4 N–H and O–H groups in total. The average Bonchev–Trinajstić information content (AvgIpc) is 2.44. The highest BCUT2D eigenvalue weighted by atomic mass is 127. The molecular weight excluding hydrogens is 427 g/mol. The molecule has 6 nitrogen and oxygen atoms in total. The van der Waals surface area contributed by atoms with Crippen molar-refractivity contribution in [2.45, 2.75) is 26.7 Å². The molecule has 0 radical (unpaired) electrons. The van der Waals surface area contributed by atoms with Crippen LogP contribution in [0, 0.1) is 6.92 Å². The van der Waals surface area contributed by atoms with Crippen molar-refractivity contribution in [3.8, 4) is 0 Å². The second kappa shape index (κ2) is 10.8. The lowest BCUT2D eigenvalue weighted by Crippen LogP contribution is -2.40. The maximum Gasteiger partial charge on any atom is 0.210 e. The molecule has 0 saturated carbocycles. The van der Waals surface area contributed by atoms with E-state index in [4.69, 9.17) is 5.14 Å². The zero-order chi connectivity index (χ0) is 16.6. The summed E-state index contributed by atoms with van der Waals surface area (Å²) in [7, 11) is -3.46. The smallest absolute Gasteiger partial charge is 0.210 e. The third kappa shape index (κ3) is 9.77. The van der Waals surface area contributed by atoms with E-state index < -0.39 is 10.0 Å². The summed E-state index contributed by atoms with van der Waals surface area (Å²) in [4.78, 5) is 4.49. The predicted octanol–water partition coefficient (Wildman–Crippen LogP) is 1.56. The van der Waals surface area contributed by atoms with Crippen molar-refractivity contribution in [2.75, 3.05) is 25.4 Å². The van der Waals surface area contributed by atoms with Crippen LogP contribution in [-0.4, -0.2) is 39.8 Å². The number of hydrogen-bond acceptors (Lipinski definition) is 3. The van der Waals surface area contributed by atoms with Gasteiger partial charge in [-0.25, -0.2) is 13.6 Å². The van der Waals surface area contributed by atoms with Crippen LogP contribution in [0.3, 0.4) is 0 Å². The normalized spacial score (nSPS) is 13.1. The van der Waals surface area contributed by atoms with Crippen molar-refractivity contribution in [3.63, 3.8) is 0 Å². The summed E-state index contributed by atoms with van der Waals surface area (Å²) in [6.07, 6.45) is 0. The SMILES string of the molecule is CCNC(=NCC(C)c1ccc(C)cc1)NCCS(N)(=O)=O.I. The standard InChI is InChI=1S/C15H26N4O2S.HI/c1-4-17-15(18-9-10-22(16,20)21)19-11-13(3)14-7-5-12(2)6-8-14;/h5-8,13H,4,9-11H2,1-3H3,(H2,16,20,21)(H2,17,18,19);1H. The van der Waals surface area contributed by atoms with Crippen molar-refractivity contribution >= 4 is 40.0 Å². The zero-order valence-corrected chi connectivity index (χ0v) is 17.0. The van der Waals surface area contributed by atoms with Gasteiger partial charge in [0.2, 0.25) is 10.0 Å². The van der Waals surface area contributed by atoms with Crippen molar-refractivity contribution in [3.05, 3.63) is 35.4 Å². The Labute approximate surface area is 156 Å². The first-order valence-corrected chi connectivity index (χ1v) is 9.12. The van der Waals surface area contributed by atoms with Gasteiger partial charge in [-0.2, -0.15) is 0 Å². The first-order valence-electron chi connectivity index (χ1n) is 7.41. The van der Waals surface area contributed by atoms with E-state index in [1.165, 1.54) is 11.1 Å². The number of sulfonamides is 1. The van der Waals surface area contributed by atoms with Gasteiger partial charge in [0.15, 0.2) is 5.96 Å². The first-order chi connectivity index (χ1) is 10.3. The summed E-state index contributed by atoms with van der Waals surface area (Å²) < 4.78 is 21.9. The van der Waals surface area contributed by atoms with Gasteiger partial charge < -0.3 is 10.6 Å². The summed E-state index contributed by atoms with van der Waals surface area (Å²) in [5, 5.41) is 11.0. The van der Waals surface area contributed by atoms with Gasteiger partial charge in [0, 0.05) is 25.6 Å². The number of aliphatic imine (C=N–C) groups is 1. The lowest BCUT2D eigenvalue weighted by Gasteiger charge is -2.13. The molecule has 1 unspecified atom stereocenters. The molecule has 0 saturated heterocycles. The second-order valence-corrected chi connectivity index (χ2v) is 7.06. The molecule has 23 heavy (non-hydrogen) atoms. The van der Waals surface area contributed by atoms with Crippen LogP contribution in [0.15, 0.2) is 29.3 Å². The molecule has 0 bridgehead atoms. The molecule has 0 aliphatic heterocycles. The number of guanidine groups is 1. The molecule has 8 heteroatoms. The monoisotopic (exact) mass is 454 g/mol. The third-order valence-corrected chi connectivity index (χ3v) is 3.97. The molecule has 0 heterocycles. The highest BCUT2D eigenvalue weighted by molar-refractivity contribution is 14.0. The zero-order valence-electron chi connectivity index (χ0n) is 13.9. The van der Waals surface area contributed by atoms with Crippen LogP contribution in [0.1, 0.15) is 30.9 Å². The molecule has 1 aromatic rings. The maximum absolute atomic E-state index is 10.9. The number of aryl methyl sites for hydroxylation is 1. The second-order valence-electron chi connectivity index (χ2n) is 5.33. The Balaban J connectivity index is 0.00000484. The van der Waals surface area contributed by atoms with Gasteiger partial charge in [-0.05, 0) is 19.4 Å². The number of nitrogens with two attached hydrogens (primary N) is 1. The Hall–Kier alpha value is -0.870. The van der Waals surface area contributed by atoms with Crippen molar-refractivity contribution in [2.24, 2.45) is 10.1 Å². The number of hydrogen-bond donors (Lipinski definition) is 3. The van der Waals surface area contributed by atoms with E-state index in [-0.39, 0.29) is 42.2 Å². The van der Waals surface area contributed by atoms with E-state index in [1.807, 2.05) is 6.92 Å². The Morgan fingerprint density at radius 1 is 1.26 bits per heavy atom. The van der Waals surface area contributed by atoms with Crippen molar-refractivity contribution in [1.82, 2.24) is 10.6 Å². The van der Waals surface area contributed by atoms with Crippen LogP contribution >= 0.6 is 24.0 Å². The van der Waals surface area contributed by atoms with Crippen molar-refractivity contribution < 1.29 is 8.42 Å². The Morgan fingerprint density at radius 3 is 2.39 bits per heavy atom. The number of rotatable bonds is 7. The lowest BCUT2D eigenvalue weighted by molar-refractivity contribution is 0.596. The van der Waals surface area contributed by atoms with Crippen LogP contribution < -0.4 is 15.8 Å². The van der Waals surface area contributed by atoms with Crippen LogP contribution in [-0.2, 0) is 10.0 Å². The molecule has 0 aliphatic carbocycles. The van der Waals surface area contributed by atoms with Gasteiger partial charge >= 0.3 is 0 Å². The molecule has 0 aliphatic rings. The molecular formula is C15H27IN4O2S. The Morgan fingerprint density at radius 2 is 1.87 bits per heavy atom. The summed E-state index contributed by atoms with van der Waals surface area (Å²) in [6.45, 7) is 7.70. The minimum Gasteiger partial charge on any atom is -0.357 e. The minimum atomic E-state index is -3.46. The van der Waals surface area contributed by atoms with E-state index in [0.29, 0.717) is 19.0 Å². The van der Waals surface area contributed by atoms with Gasteiger partial charge in [0.1, 0.15) is 0 Å². The maximum atomic E-state index is 10.9. The molecule has 0 fully saturated rings. The lowest BCUT2D eigenvalue weighted by atomic mass is 10.0. The number of primary sulfonamides is 1.